The van der Waals surface area contributed by atoms with Crippen LogP contribution in [0.15, 0.2) is 11.6 Å². The number of nitrogens with two attached hydrogens (primary N) is 1. The molecule has 0 aliphatic carbocycles. The smallest absolute Gasteiger partial charge is 0.106 e. The van der Waals surface area contributed by atoms with E-state index in [1.54, 1.807) is 11.3 Å². The first kappa shape index (κ1) is 13.0. The lowest BCUT2D eigenvalue weighted by Crippen LogP contribution is -2.38. The van der Waals surface area contributed by atoms with Crippen molar-refractivity contribution in [3.8, 4) is 0 Å². The lowest BCUT2D eigenvalue weighted by Gasteiger charge is -2.24. The van der Waals surface area contributed by atoms with Crippen LogP contribution in [0.4, 0.5) is 0 Å². The van der Waals surface area contributed by atoms with Crippen LogP contribution in [0, 0.1) is 0 Å². The number of rotatable bonds is 7. The van der Waals surface area contributed by atoms with Gasteiger partial charge in [-0.15, -0.1) is 11.3 Å². The molecule has 2 heterocycles. The van der Waals surface area contributed by atoms with Gasteiger partial charge in [-0.2, -0.15) is 0 Å². The summed E-state index contributed by atoms with van der Waals surface area (Å²) in [5.41, 5.74) is 5.57. The van der Waals surface area contributed by atoms with E-state index in [1.165, 1.54) is 24.4 Å². The largest absolute Gasteiger partial charge is 0.330 e. The second kappa shape index (κ2) is 7.06. The summed E-state index contributed by atoms with van der Waals surface area (Å²) in [6.07, 6.45) is 5.62. The summed E-state index contributed by atoms with van der Waals surface area (Å²) in [5, 5.41) is 6.72. The molecule has 1 aliphatic heterocycles. The molecule has 4 nitrogen and oxygen atoms in total. The number of nitrogens with one attached hydrogen (secondary N) is 1. The predicted octanol–water partition coefficient (Wildman–Crippen LogP) is 1.05. The third-order valence-corrected chi connectivity index (χ3v) is 4.07. The first-order chi connectivity index (χ1) is 8.40. The molecule has 0 spiro atoms. The molecule has 96 valence electrons. The Hall–Kier alpha value is -0.490. The molecule has 1 fully saturated rings. The molecule has 1 unspecified atom stereocenters. The summed E-state index contributed by atoms with van der Waals surface area (Å²) in [5.74, 6) is 0. The molecule has 0 aromatic carbocycles. The third-order valence-electron chi connectivity index (χ3n) is 3.29. The second-order valence-corrected chi connectivity index (χ2v) is 5.51. The standard InChI is InChI=1S/C12H22N4S/c13-4-2-7-16-6-1-3-11(16)9-14-10-12-15-5-8-17-12/h5,8,11,14H,1-4,6-7,9-10,13H2. The van der Waals surface area contributed by atoms with Crippen LogP contribution >= 0.6 is 11.3 Å². The minimum absolute atomic E-state index is 0.696. The molecule has 3 N–H and O–H groups in total. The number of hydrogen-bond donors (Lipinski definition) is 2. The van der Waals surface area contributed by atoms with Gasteiger partial charge in [0.25, 0.3) is 0 Å². The molecule has 1 atom stereocenters. The maximum absolute atomic E-state index is 5.57. The first-order valence-electron chi connectivity index (χ1n) is 6.43. The highest BCUT2D eigenvalue weighted by molar-refractivity contribution is 7.09. The van der Waals surface area contributed by atoms with E-state index in [-0.39, 0.29) is 0 Å². The van der Waals surface area contributed by atoms with E-state index in [9.17, 15) is 0 Å². The van der Waals surface area contributed by atoms with Crippen LogP contribution in [0.5, 0.6) is 0 Å². The van der Waals surface area contributed by atoms with E-state index in [0.717, 1.165) is 32.6 Å². The Morgan fingerprint density at radius 2 is 2.53 bits per heavy atom. The third kappa shape index (κ3) is 4.03. The molecule has 1 aromatic rings. The topological polar surface area (TPSA) is 54.2 Å². The Balaban J connectivity index is 1.67. The highest BCUT2D eigenvalue weighted by Crippen LogP contribution is 2.16. The van der Waals surface area contributed by atoms with Crippen LogP contribution in [0.25, 0.3) is 0 Å². The SMILES string of the molecule is NCCCN1CCCC1CNCc1nccs1. The number of thiazole rings is 1. The average molecular weight is 254 g/mol. The quantitative estimate of drug-likeness (QED) is 0.763. The number of nitrogens with zero attached hydrogens (tertiary/aromatic N) is 2. The van der Waals surface area contributed by atoms with E-state index in [1.807, 2.05) is 11.6 Å². The summed E-state index contributed by atoms with van der Waals surface area (Å²) >= 11 is 1.72. The van der Waals surface area contributed by atoms with Gasteiger partial charge in [0.1, 0.15) is 5.01 Å². The van der Waals surface area contributed by atoms with Gasteiger partial charge in [0.2, 0.25) is 0 Å². The molecule has 1 aromatic heterocycles. The molecule has 0 amide bonds. The van der Waals surface area contributed by atoms with Gasteiger partial charge in [-0.05, 0) is 38.9 Å². The Kier molecular flexibility index (Phi) is 5.38. The van der Waals surface area contributed by atoms with Gasteiger partial charge in [-0.1, -0.05) is 0 Å². The minimum atomic E-state index is 0.696. The zero-order valence-corrected chi connectivity index (χ0v) is 11.1. The minimum Gasteiger partial charge on any atom is -0.330 e. The van der Waals surface area contributed by atoms with Crippen molar-refractivity contribution in [2.24, 2.45) is 5.73 Å². The molecule has 17 heavy (non-hydrogen) atoms. The Morgan fingerprint density at radius 1 is 1.59 bits per heavy atom. The monoisotopic (exact) mass is 254 g/mol. The van der Waals surface area contributed by atoms with Crippen molar-refractivity contribution in [1.29, 1.82) is 0 Å². The highest BCUT2D eigenvalue weighted by Gasteiger charge is 2.23. The molecule has 1 saturated heterocycles. The van der Waals surface area contributed by atoms with Crippen molar-refractivity contribution < 1.29 is 0 Å². The molecular formula is C12H22N4S. The first-order valence-corrected chi connectivity index (χ1v) is 7.31. The van der Waals surface area contributed by atoms with E-state index >= 15 is 0 Å². The summed E-state index contributed by atoms with van der Waals surface area (Å²) < 4.78 is 0. The van der Waals surface area contributed by atoms with Crippen molar-refractivity contribution in [1.82, 2.24) is 15.2 Å². The second-order valence-electron chi connectivity index (χ2n) is 4.53. The molecular weight excluding hydrogens is 232 g/mol. The Morgan fingerprint density at radius 3 is 3.29 bits per heavy atom. The van der Waals surface area contributed by atoms with Crippen LogP contribution in [0.1, 0.15) is 24.3 Å². The van der Waals surface area contributed by atoms with E-state index in [0.29, 0.717) is 6.04 Å². The fourth-order valence-electron chi connectivity index (χ4n) is 2.40. The van der Waals surface area contributed by atoms with Crippen LogP contribution in [0.2, 0.25) is 0 Å². The lowest BCUT2D eigenvalue weighted by atomic mass is 10.2. The van der Waals surface area contributed by atoms with Crippen molar-refractivity contribution in [3.05, 3.63) is 16.6 Å². The van der Waals surface area contributed by atoms with Crippen LogP contribution < -0.4 is 11.1 Å². The maximum Gasteiger partial charge on any atom is 0.106 e. The number of likely N-dealkylation sites (tertiary alicyclic amines) is 1. The van der Waals surface area contributed by atoms with E-state index < -0.39 is 0 Å². The zero-order chi connectivity index (χ0) is 11.9. The van der Waals surface area contributed by atoms with E-state index in [2.05, 4.69) is 15.2 Å². The fourth-order valence-corrected chi connectivity index (χ4v) is 2.99. The predicted molar refractivity (Wildman–Crippen MR) is 72.1 cm³/mol. The molecule has 0 bridgehead atoms. The van der Waals surface area contributed by atoms with Crippen molar-refractivity contribution in [2.75, 3.05) is 26.2 Å². The van der Waals surface area contributed by atoms with Gasteiger partial charge < -0.3 is 11.1 Å². The molecule has 1 aliphatic rings. The number of aromatic nitrogens is 1. The van der Waals surface area contributed by atoms with Crippen molar-refractivity contribution in [3.63, 3.8) is 0 Å². The van der Waals surface area contributed by atoms with Crippen LogP contribution in [-0.4, -0.2) is 42.1 Å². The highest BCUT2D eigenvalue weighted by atomic mass is 32.1. The zero-order valence-electron chi connectivity index (χ0n) is 10.3. The molecule has 5 heteroatoms. The average Bonchev–Trinajstić information content (AvgIpc) is 2.98. The van der Waals surface area contributed by atoms with Gasteiger partial charge in [0, 0.05) is 30.7 Å². The van der Waals surface area contributed by atoms with Gasteiger partial charge in [0.05, 0.1) is 0 Å². The fraction of sp³-hybridized carbons (Fsp3) is 0.750. The van der Waals surface area contributed by atoms with Crippen molar-refractivity contribution in [2.45, 2.75) is 31.8 Å². The normalized spacial score (nSPS) is 21.1. The lowest BCUT2D eigenvalue weighted by molar-refractivity contribution is 0.245. The van der Waals surface area contributed by atoms with E-state index in [4.69, 9.17) is 5.73 Å². The van der Waals surface area contributed by atoms with Gasteiger partial charge in [-0.25, -0.2) is 4.98 Å². The van der Waals surface area contributed by atoms with Gasteiger partial charge in [0.15, 0.2) is 0 Å². The van der Waals surface area contributed by atoms with Crippen LogP contribution in [-0.2, 0) is 6.54 Å². The summed E-state index contributed by atoms with van der Waals surface area (Å²) in [4.78, 5) is 6.85. The van der Waals surface area contributed by atoms with Gasteiger partial charge in [-0.3, -0.25) is 4.90 Å². The summed E-state index contributed by atoms with van der Waals surface area (Å²) in [6.45, 7) is 5.17. The van der Waals surface area contributed by atoms with Crippen LogP contribution in [0.3, 0.4) is 0 Å². The summed E-state index contributed by atoms with van der Waals surface area (Å²) in [6, 6.07) is 0.696. The maximum atomic E-state index is 5.57. The number of hydrogen-bond acceptors (Lipinski definition) is 5. The summed E-state index contributed by atoms with van der Waals surface area (Å²) in [7, 11) is 0. The molecule has 0 saturated carbocycles. The Labute approximate surface area is 107 Å². The van der Waals surface area contributed by atoms with Gasteiger partial charge >= 0.3 is 0 Å². The Bertz CT molecular complexity index is 301. The molecule has 0 radical (unpaired) electrons. The van der Waals surface area contributed by atoms with Crippen molar-refractivity contribution >= 4 is 11.3 Å². The molecule has 2 rings (SSSR count).